The average molecular weight is 106 g/mol. The van der Waals surface area contributed by atoms with Crippen molar-refractivity contribution in [1.29, 1.82) is 0 Å². The van der Waals surface area contributed by atoms with Crippen molar-refractivity contribution in [1.82, 2.24) is 0 Å². The second-order valence-corrected chi connectivity index (χ2v) is 1.44. The van der Waals surface area contributed by atoms with E-state index in [4.69, 9.17) is 0 Å². The second kappa shape index (κ2) is 2.98. The van der Waals surface area contributed by atoms with Crippen molar-refractivity contribution in [3.8, 4) is 0 Å². The average Bonchev–Trinajstić information content (AvgIpc) is 1.62. The molecule has 1 aliphatic rings. The van der Waals surface area contributed by atoms with Gasteiger partial charge in [-0.15, -0.1) is 0 Å². The van der Waals surface area contributed by atoms with Crippen molar-refractivity contribution in [3.63, 3.8) is 0 Å². The molecule has 1 rings (SSSR count). The van der Waals surface area contributed by atoms with Gasteiger partial charge in [-0.1, -0.05) is 10.2 Å². The van der Waals surface area contributed by atoms with Crippen LogP contribution in [0.5, 0.6) is 0 Å². The zero-order valence-corrected chi connectivity index (χ0v) is 4.46. The van der Waals surface area contributed by atoms with Crippen LogP contribution in [0.15, 0.2) is 22.4 Å². The number of hydrogen-bond donors (Lipinski definition) is 0. The van der Waals surface area contributed by atoms with E-state index in [-0.39, 0.29) is 0 Å². The topological polar surface area (TPSA) is 24.7 Å². The minimum absolute atomic E-state index is 0.992. The molecule has 0 unspecified atom stereocenters. The maximum Gasteiger partial charge on any atom is 0.00704 e. The molecule has 0 saturated carbocycles. The van der Waals surface area contributed by atoms with Gasteiger partial charge in [0, 0.05) is 11.7 Å². The van der Waals surface area contributed by atoms with E-state index in [9.17, 15) is 0 Å². The van der Waals surface area contributed by atoms with Gasteiger partial charge >= 0.3 is 0 Å². The lowest BCUT2D eigenvalue weighted by Gasteiger charge is -1.79. The predicted octanol–water partition coefficient (Wildman–Crippen LogP) is 1.15. The van der Waals surface area contributed by atoms with Gasteiger partial charge in [0.1, 0.15) is 0 Å². The summed E-state index contributed by atoms with van der Waals surface area (Å²) in [4.78, 5) is 0. The second-order valence-electron chi connectivity index (χ2n) is 1.44. The molecule has 0 radical (unpaired) electrons. The Morgan fingerprint density at radius 3 is 2.00 bits per heavy atom. The Bertz CT molecular complexity index is 157. The maximum absolute atomic E-state index is 3.51. The van der Waals surface area contributed by atoms with Gasteiger partial charge in [0.05, 0.1) is 0 Å². The molecular weight excluding hydrogens is 100 g/mol. The highest BCUT2D eigenvalue weighted by molar-refractivity contribution is 5.56. The third-order valence-corrected chi connectivity index (χ3v) is 0.803. The summed E-state index contributed by atoms with van der Waals surface area (Å²) in [7, 11) is 0. The van der Waals surface area contributed by atoms with Gasteiger partial charge in [0.15, 0.2) is 0 Å². The Labute approximate surface area is 47.9 Å². The van der Waals surface area contributed by atoms with E-state index in [1.165, 1.54) is 0 Å². The van der Waals surface area contributed by atoms with Gasteiger partial charge in [-0.25, -0.2) is 0 Å². The third kappa shape index (κ3) is 1.57. The van der Waals surface area contributed by atoms with E-state index in [2.05, 4.69) is 21.9 Å². The van der Waals surface area contributed by atoms with Crippen LogP contribution in [0.2, 0.25) is 0 Å². The summed E-state index contributed by atoms with van der Waals surface area (Å²) in [6.45, 7) is 0. The van der Waals surface area contributed by atoms with Crippen LogP contribution in [0.1, 0.15) is 12.8 Å². The van der Waals surface area contributed by atoms with Gasteiger partial charge in [-0.3, -0.25) is 0 Å². The molecule has 0 aromatic heterocycles. The van der Waals surface area contributed by atoms with Gasteiger partial charge in [-0.05, 0) is 25.0 Å². The Morgan fingerprint density at radius 1 is 1.00 bits per heavy atom. The summed E-state index contributed by atoms with van der Waals surface area (Å²) < 4.78 is 0. The van der Waals surface area contributed by atoms with Gasteiger partial charge in [-0.2, -0.15) is 0 Å². The zero-order chi connectivity index (χ0) is 5.66. The van der Waals surface area contributed by atoms with Crippen molar-refractivity contribution in [3.05, 3.63) is 12.2 Å². The molecule has 1 heterocycles. The van der Waals surface area contributed by atoms with Crippen LogP contribution >= 0.6 is 0 Å². The van der Waals surface area contributed by atoms with Crippen LogP contribution in [-0.2, 0) is 0 Å². The first kappa shape index (κ1) is 5.04. The molecule has 0 bridgehead atoms. The third-order valence-electron chi connectivity index (χ3n) is 0.803. The summed E-state index contributed by atoms with van der Waals surface area (Å²) in [6.07, 6.45) is 5.71. The van der Waals surface area contributed by atoms with Gasteiger partial charge in [0.2, 0.25) is 0 Å². The Hall–Kier alpha value is -1.10. The highest BCUT2D eigenvalue weighted by atomic mass is 15.2. The molecule has 0 atom stereocenters. The number of nitrogens with zero attached hydrogens (tertiary/aromatic N) is 2. The van der Waals surface area contributed by atoms with Crippen molar-refractivity contribution in [2.24, 2.45) is 10.2 Å². The van der Waals surface area contributed by atoms with E-state index >= 15 is 0 Å². The Balaban J connectivity index is 2.74. The zero-order valence-electron chi connectivity index (χ0n) is 4.46. The van der Waals surface area contributed by atoms with E-state index in [0.717, 1.165) is 12.8 Å². The smallest absolute Gasteiger partial charge is 0.00704 e. The molecule has 0 aliphatic carbocycles. The summed E-state index contributed by atoms with van der Waals surface area (Å²) in [6, 6.07) is 0. The summed E-state index contributed by atoms with van der Waals surface area (Å²) in [5, 5.41) is 7.02. The minimum Gasteiger partial charge on any atom is -0.0973 e. The molecule has 2 heteroatoms. The monoisotopic (exact) mass is 106 g/mol. The van der Waals surface area contributed by atoms with Crippen LogP contribution in [0, 0.1) is 0 Å². The van der Waals surface area contributed by atoms with Crippen LogP contribution < -0.4 is 0 Å². The summed E-state index contributed by atoms with van der Waals surface area (Å²) in [5.74, 6) is 5.28. The van der Waals surface area contributed by atoms with Crippen LogP contribution in [0.3, 0.4) is 0 Å². The number of hydrogen-bond acceptors (Lipinski definition) is 2. The summed E-state index contributed by atoms with van der Waals surface area (Å²) in [5.41, 5.74) is 0. The molecule has 0 aromatic carbocycles. The van der Waals surface area contributed by atoms with Gasteiger partial charge < -0.3 is 0 Å². The quantitative estimate of drug-likeness (QED) is 0.442. The Kier molecular flexibility index (Phi) is 1.88. The molecule has 0 spiro atoms. The molecule has 0 amide bonds. The molecule has 8 heavy (non-hydrogen) atoms. The van der Waals surface area contributed by atoms with E-state index < -0.39 is 0 Å². The molecule has 0 fully saturated rings. The first-order valence-corrected chi connectivity index (χ1v) is 2.54. The SMILES string of the molecule is C1=CCCC=C=NN=1. The standard InChI is InChI=1S/C6H6N2/c1-2-4-6-8-7-5-3-1/h3-4H,1-2H2. The number of rotatable bonds is 0. The lowest BCUT2D eigenvalue weighted by atomic mass is 10.3. The maximum atomic E-state index is 3.51. The van der Waals surface area contributed by atoms with Crippen LogP contribution in [0.25, 0.3) is 0 Å². The van der Waals surface area contributed by atoms with Crippen LogP contribution in [-0.4, -0.2) is 11.7 Å². The van der Waals surface area contributed by atoms with E-state index in [1.807, 2.05) is 12.2 Å². The van der Waals surface area contributed by atoms with E-state index in [0.29, 0.717) is 0 Å². The molecule has 2 nitrogen and oxygen atoms in total. The Morgan fingerprint density at radius 2 is 1.50 bits per heavy atom. The first-order valence-electron chi connectivity index (χ1n) is 2.54. The van der Waals surface area contributed by atoms with Crippen molar-refractivity contribution >= 4 is 11.7 Å². The lowest BCUT2D eigenvalue weighted by molar-refractivity contribution is 1.06. The normalized spacial score (nSPS) is 16.0. The summed E-state index contributed by atoms with van der Waals surface area (Å²) >= 11 is 0. The van der Waals surface area contributed by atoms with Crippen LogP contribution in [0.4, 0.5) is 0 Å². The minimum atomic E-state index is 0.992. The predicted molar refractivity (Wildman–Crippen MR) is 33.2 cm³/mol. The molecule has 0 saturated heterocycles. The molecule has 40 valence electrons. The first-order chi connectivity index (χ1) is 4.00. The highest BCUT2D eigenvalue weighted by Gasteiger charge is 1.74. The fourth-order valence-electron chi connectivity index (χ4n) is 0.435. The molecule has 0 N–H and O–H groups in total. The number of allylic oxidation sites excluding steroid dienone is 2. The largest absolute Gasteiger partial charge is 0.0973 e. The van der Waals surface area contributed by atoms with Crippen molar-refractivity contribution in [2.45, 2.75) is 12.8 Å². The van der Waals surface area contributed by atoms with Crippen molar-refractivity contribution < 1.29 is 0 Å². The highest BCUT2D eigenvalue weighted by Crippen LogP contribution is 1.88. The fourth-order valence-corrected chi connectivity index (χ4v) is 0.435. The molecule has 0 aromatic rings. The fraction of sp³-hybridized carbons (Fsp3) is 0.333. The van der Waals surface area contributed by atoms with Crippen molar-refractivity contribution in [2.75, 3.05) is 0 Å². The molecular formula is C6H6N2. The molecule has 1 aliphatic heterocycles. The van der Waals surface area contributed by atoms with Gasteiger partial charge in [0.25, 0.3) is 0 Å². The van der Waals surface area contributed by atoms with E-state index in [1.54, 1.807) is 0 Å². The lowest BCUT2D eigenvalue weighted by Crippen LogP contribution is -1.68.